The predicted molar refractivity (Wildman–Crippen MR) is 194 cm³/mol. The first-order valence-electron chi connectivity index (χ1n) is 17.7. The zero-order valence-corrected chi connectivity index (χ0v) is 29.5. The number of ether oxygens (including phenoxy) is 2. The van der Waals surface area contributed by atoms with E-state index in [9.17, 15) is 18.0 Å². The summed E-state index contributed by atoms with van der Waals surface area (Å²) < 4.78 is 55.5. The highest BCUT2D eigenvalue weighted by Crippen LogP contribution is 2.45. The van der Waals surface area contributed by atoms with Gasteiger partial charge in [-0.25, -0.2) is 14.5 Å². The number of carbonyl (C=O) groups is 1. The summed E-state index contributed by atoms with van der Waals surface area (Å²) in [4.78, 5) is 19.0. The number of halogens is 3. The third-order valence-corrected chi connectivity index (χ3v) is 9.58. The summed E-state index contributed by atoms with van der Waals surface area (Å²) in [5.41, 5.74) is 4.06. The van der Waals surface area contributed by atoms with Crippen LogP contribution in [0.3, 0.4) is 0 Å². The zero-order chi connectivity index (χ0) is 36.6. The van der Waals surface area contributed by atoms with E-state index < -0.39 is 23.8 Å². The Morgan fingerprint density at radius 2 is 1.58 bits per heavy atom. The molecule has 1 saturated carbocycles. The Morgan fingerprint density at radius 1 is 0.923 bits per heavy atom. The molecule has 0 spiro atoms. The maximum Gasteiger partial charge on any atom is 0.433 e. The molecule has 1 amide bonds. The molecular weight excluding hydrogens is 667 g/mol. The van der Waals surface area contributed by atoms with Gasteiger partial charge in [0.2, 0.25) is 0 Å². The Hall–Kier alpha value is -5.45. The van der Waals surface area contributed by atoms with Crippen molar-refractivity contribution in [2.45, 2.75) is 65.1 Å². The molecule has 0 bridgehead atoms. The van der Waals surface area contributed by atoms with E-state index in [1.54, 1.807) is 12.1 Å². The van der Waals surface area contributed by atoms with Crippen molar-refractivity contribution in [2.75, 3.05) is 13.2 Å². The molecule has 0 N–H and O–H groups in total. The van der Waals surface area contributed by atoms with Crippen LogP contribution in [0, 0.1) is 5.92 Å². The average Bonchev–Trinajstić information content (AvgIpc) is 3.75. The fraction of sp³-hybridized carbons (Fsp3) is 0.317. The fourth-order valence-corrected chi connectivity index (χ4v) is 7.04. The van der Waals surface area contributed by atoms with Gasteiger partial charge in [0.25, 0.3) is 5.91 Å². The van der Waals surface area contributed by atoms with Gasteiger partial charge in [0.1, 0.15) is 11.5 Å². The standard InChI is InChI=1S/C41H40F3N5O3/c1-5-51-31-18-10-26(11-19-31)22-30-8-7-9-33-38(30)47-49(39(33)29-16-20-32(21-17-29)52-6-2)40(50)35-24-37-45-34(23-36(41(42,43)44)48(37)46-35)28-14-12-27(13-15-28)25(3)4/h10-25,33,39H,5-9H2,1-4H3/b30-22+/t33-,39-/m1/s1. The second kappa shape index (κ2) is 14.3. The molecule has 2 aromatic heterocycles. The van der Waals surface area contributed by atoms with Crippen LogP contribution < -0.4 is 9.47 Å². The molecule has 1 aliphatic carbocycles. The molecule has 7 rings (SSSR count). The fourth-order valence-electron chi connectivity index (χ4n) is 7.04. The van der Waals surface area contributed by atoms with Gasteiger partial charge >= 0.3 is 6.18 Å². The van der Waals surface area contributed by atoms with Crippen LogP contribution in [0.4, 0.5) is 13.2 Å². The molecule has 11 heteroatoms. The van der Waals surface area contributed by atoms with E-state index in [4.69, 9.17) is 14.6 Å². The van der Waals surface area contributed by atoms with Gasteiger partial charge in [-0.05, 0) is 97.7 Å². The molecule has 1 aliphatic heterocycles. The summed E-state index contributed by atoms with van der Waals surface area (Å²) in [6.45, 7) is 9.02. The van der Waals surface area contributed by atoms with Gasteiger partial charge in [-0.15, -0.1) is 0 Å². The highest BCUT2D eigenvalue weighted by molar-refractivity contribution is 6.09. The topological polar surface area (TPSA) is 81.3 Å². The van der Waals surface area contributed by atoms with Crippen LogP contribution in [-0.2, 0) is 6.18 Å². The first-order chi connectivity index (χ1) is 25.0. The number of aromatic nitrogens is 3. The molecular formula is C41H40F3N5O3. The van der Waals surface area contributed by atoms with E-state index in [0.717, 1.165) is 59.1 Å². The summed E-state index contributed by atoms with van der Waals surface area (Å²) in [6.07, 6.45) is -0.228. The van der Waals surface area contributed by atoms with Crippen LogP contribution in [0.25, 0.3) is 23.0 Å². The SMILES string of the molecule is CCOc1ccc(/C=C2\CCC[C@@H]3C2=NN(C(=O)c2cc4nc(-c5ccc(C(C)C)cc5)cc(C(F)(F)F)n4n2)[C@@H]3c2ccc(OCC)cc2)cc1. The van der Waals surface area contributed by atoms with Crippen molar-refractivity contribution in [1.82, 2.24) is 19.6 Å². The third kappa shape index (κ3) is 6.91. The zero-order valence-electron chi connectivity index (χ0n) is 29.5. The lowest BCUT2D eigenvalue weighted by molar-refractivity contribution is -0.142. The number of hydrogen-bond donors (Lipinski definition) is 0. The van der Waals surface area contributed by atoms with E-state index in [1.807, 2.05) is 88.4 Å². The van der Waals surface area contributed by atoms with Gasteiger partial charge in [0, 0.05) is 17.5 Å². The highest BCUT2D eigenvalue weighted by Gasteiger charge is 2.45. The molecule has 2 atom stereocenters. The number of fused-ring (bicyclic) bond motifs is 2. The van der Waals surface area contributed by atoms with Crippen LogP contribution in [-0.4, -0.2) is 44.4 Å². The number of hydrazone groups is 1. The minimum atomic E-state index is -4.76. The quantitative estimate of drug-likeness (QED) is 0.152. The number of allylic oxidation sites excluding steroid dienone is 1. The third-order valence-electron chi connectivity index (χ3n) is 9.58. The van der Waals surface area contributed by atoms with Crippen molar-refractivity contribution < 1.29 is 27.4 Å². The monoisotopic (exact) mass is 707 g/mol. The second-order valence-corrected chi connectivity index (χ2v) is 13.4. The Labute approximate surface area is 300 Å². The van der Waals surface area contributed by atoms with Gasteiger partial charge in [0.05, 0.1) is 30.7 Å². The van der Waals surface area contributed by atoms with Gasteiger partial charge in [-0.1, -0.05) is 62.4 Å². The van der Waals surface area contributed by atoms with Crippen molar-refractivity contribution in [3.05, 3.63) is 119 Å². The number of amides is 1. The lowest BCUT2D eigenvalue weighted by Gasteiger charge is -2.29. The minimum absolute atomic E-state index is 0.0842. The Kier molecular flexibility index (Phi) is 9.61. The summed E-state index contributed by atoms with van der Waals surface area (Å²) in [6, 6.07) is 24.5. The van der Waals surface area contributed by atoms with E-state index in [1.165, 1.54) is 11.1 Å². The van der Waals surface area contributed by atoms with E-state index >= 15 is 0 Å². The van der Waals surface area contributed by atoms with Crippen molar-refractivity contribution in [2.24, 2.45) is 11.0 Å². The number of nitrogens with zero attached hydrogens (tertiary/aromatic N) is 5. The predicted octanol–water partition coefficient (Wildman–Crippen LogP) is 9.77. The Balaban J connectivity index is 1.30. The van der Waals surface area contributed by atoms with E-state index in [-0.39, 0.29) is 28.9 Å². The summed E-state index contributed by atoms with van der Waals surface area (Å²) >= 11 is 0. The van der Waals surface area contributed by atoms with Crippen molar-refractivity contribution in [3.63, 3.8) is 0 Å². The van der Waals surface area contributed by atoms with Crippen LogP contribution in [0.1, 0.15) is 91.8 Å². The number of rotatable bonds is 9. The van der Waals surface area contributed by atoms with Crippen LogP contribution >= 0.6 is 0 Å². The lowest BCUT2D eigenvalue weighted by atomic mass is 9.77. The van der Waals surface area contributed by atoms with Crippen LogP contribution in [0.5, 0.6) is 11.5 Å². The first kappa shape index (κ1) is 35.0. The average molecular weight is 708 g/mol. The molecule has 3 aromatic carbocycles. The normalized spacial score (nSPS) is 18.2. The molecule has 8 nitrogen and oxygen atoms in total. The minimum Gasteiger partial charge on any atom is -0.494 e. The van der Waals surface area contributed by atoms with Crippen molar-refractivity contribution in [1.29, 1.82) is 0 Å². The molecule has 3 heterocycles. The van der Waals surface area contributed by atoms with Gasteiger partial charge in [0.15, 0.2) is 17.0 Å². The molecule has 0 unspecified atom stereocenters. The van der Waals surface area contributed by atoms with Crippen molar-refractivity contribution >= 4 is 23.3 Å². The van der Waals surface area contributed by atoms with Crippen LogP contribution in [0.15, 0.2) is 95.6 Å². The van der Waals surface area contributed by atoms with Crippen LogP contribution in [0.2, 0.25) is 0 Å². The summed E-state index contributed by atoms with van der Waals surface area (Å²) in [5, 5.41) is 10.6. The lowest BCUT2D eigenvalue weighted by Crippen LogP contribution is -2.32. The molecule has 0 radical (unpaired) electrons. The van der Waals surface area contributed by atoms with Gasteiger partial charge in [-0.3, -0.25) is 4.79 Å². The number of carbonyl (C=O) groups excluding carboxylic acids is 1. The second-order valence-electron chi connectivity index (χ2n) is 13.4. The molecule has 0 saturated heterocycles. The Bertz CT molecular complexity index is 2140. The molecule has 5 aromatic rings. The van der Waals surface area contributed by atoms with Crippen molar-refractivity contribution in [3.8, 4) is 22.8 Å². The van der Waals surface area contributed by atoms with Gasteiger partial charge < -0.3 is 9.47 Å². The molecule has 1 fully saturated rings. The molecule has 52 heavy (non-hydrogen) atoms. The number of benzene rings is 3. The van der Waals surface area contributed by atoms with E-state index in [2.05, 4.69) is 16.2 Å². The summed E-state index contributed by atoms with van der Waals surface area (Å²) in [5.74, 6) is 1.00. The first-order valence-corrected chi connectivity index (χ1v) is 17.7. The summed E-state index contributed by atoms with van der Waals surface area (Å²) in [7, 11) is 0. The maximum atomic E-state index is 14.5. The number of hydrogen-bond acceptors (Lipinski definition) is 6. The maximum absolute atomic E-state index is 14.5. The van der Waals surface area contributed by atoms with E-state index in [0.29, 0.717) is 29.0 Å². The molecule has 268 valence electrons. The Morgan fingerprint density at radius 3 is 2.19 bits per heavy atom. The smallest absolute Gasteiger partial charge is 0.433 e. The molecule has 2 aliphatic rings. The number of alkyl halides is 3. The highest BCUT2D eigenvalue weighted by atomic mass is 19.4. The van der Waals surface area contributed by atoms with Gasteiger partial charge in [-0.2, -0.15) is 23.4 Å². The largest absolute Gasteiger partial charge is 0.494 e.